The Hall–Kier alpha value is -0.850. The second kappa shape index (κ2) is 4.86. The lowest BCUT2D eigenvalue weighted by Gasteiger charge is -2.42. The predicted octanol–water partition coefficient (Wildman–Crippen LogP) is 1.41. The molecular weight excluding hydrogens is 297 g/mol. The van der Waals surface area contributed by atoms with Gasteiger partial charge in [-0.15, -0.1) is 0 Å². The monoisotopic (exact) mass is 312 g/mol. The average molecular weight is 312 g/mol. The standard InChI is InChI=1S/C11H15F3N2O3S/c1-20(17,18)19-10(6-15)4-8-2-3-9(5-10)16(8)7-11(12,13)14/h8-9H,2-5,7H2,1H3/t8-,9+,10?. The Labute approximate surface area is 115 Å². The number of halogens is 3. The van der Waals surface area contributed by atoms with Crippen LogP contribution in [0, 0.1) is 11.3 Å². The van der Waals surface area contributed by atoms with E-state index >= 15 is 0 Å². The van der Waals surface area contributed by atoms with Gasteiger partial charge in [-0.25, -0.2) is 4.18 Å². The van der Waals surface area contributed by atoms with Crippen molar-refractivity contribution in [3.63, 3.8) is 0 Å². The molecule has 0 aromatic heterocycles. The highest BCUT2D eigenvalue weighted by Gasteiger charge is 2.53. The zero-order chi connectivity index (χ0) is 15.2. The number of hydrogen-bond acceptors (Lipinski definition) is 5. The van der Waals surface area contributed by atoms with Gasteiger partial charge in [0.05, 0.1) is 18.9 Å². The summed E-state index contributed by atoms with van der Waals surface area (Å²) in [6.45, 7) is -1.03. The van der Waals surface area contributed by atoms with Crippen LogP contribution in [0.25, 0.3) is 0 Å². The third-order valence-electron chi connectivity index (χ3n) is 3.78. The summed E-state index contributed by atoms with van der Waals surface area (Å²) >= 11 is 0. The van der Waals surface area contributed by atoms with Gasteiger partial charge in [0.25, 0.3) is 10.1 Å². The Morgan fingerprint density at radius 1 is 1.35 bits per heavy atom. The highest BCUT2D eigenvalue weighted by atomic mass is 32.2. The molecule has 114 valence electrons. The van der Waals surface area contributed by atoms with Gasteiger partial charge >= 0.3 is 6.18 Å². The molecule has 0 aromatic carbocycles. The summed E-state index contributed by atoms with van der Waals surface area (Å²) in [5.41, 5.74) is -1.53. The zero-order valence-corrected chi connectivity index (χ0v) is 11.7. The van der Waals surface area contributed by atoms with Crippen molar-refractivity contribution in [3.8, 4) is 6.07 Å². The molecule has 2 aliphatic rings. The van der Waals surface area contributed by atoms with Crippen molar-refractivity contribution in [1.82, 2.24) is 4.90 Å². The van der Waals surface area contributed by atoms with E-state index in [1.54, 1.807) is 0 Å². The van der Waals surface area contributed by atoms with E-state index in [1.807, 2.05) is 6.07 Å². The molecule has 9 heteroatoms. The normalized spacial score (nSPS) is 35.0. The number of fused-ring (bicyclic) bond motifs is 2. The van der Waals surface area contributed by atoms with Crippen LogP contribution in [0.2, 0.25) is 0 Å². The number of hydrogen-bond donors (Lipinski definition) is 0. The van der Waals surface area contributed by atoms with E-state index in [-0.39, 0.29) is 12.8 Å². The number of nitriles is 1. The molecule has 2 fully saturated rings. The van der Waals surface area contributed by atoms with Gasteiger partial charge in [0.1, 0.15) is 0 Å². The van der Waals surface area contributed by atoms with E-state index in [0.717, 1.165) is 6.26 Å². The molecular formula is C11H15F3N2O3S. The van der Waals surface area contributed by atoms with Gasteiger partial charge in [0, 0.05) is 24.9 Å². The third-order valence-corrected chi connectivity index (χ3v) is 4.40. The van der Waals surface area contributed by atoms with Crippen LogP contribution in [0.15, 0.2) is 0 Å². The van der Waals surface area contributed by atoms with Crippen molar-refractivity contribution < 1.29 is 25.8 Å². The van der Waals surface area contributed by atoms with Crippen LogP contribution in [0.4, 0.5) is 13.2 Å². The molecule has 0 amide bonds. The van der Waals surface area contributed by atoms with Crippen molar-refractivity contribution in [2.45, 2.75) is 49.5 Å². The van der Waals surface area contributed by atoms with E-state index in [9.17, 15) is 26.9 Å². The molecule has 0 spiro atoms. The first-order valence-corrected chi connectivity index (χ1v) is 8.00. The first-order chi connectivity index (χ1) is 9.04. The van der Waals surface area contributed by atoms with Gasteiger partial charge in [-0.05, 0) is 12.8 Å². The molecule has 2 bridgehead atoms. The van der Waals surface area contributed by atoms with Gasteiger partial charge in [-0.1, -0.05) is 0 Å². The van der Waals surface area contributed by atoms with Gasteiger partial charge in [-0.3, -0.25) is 4.90 Å². The molecule has 20 heavy (non-hydrogen) atoms. The predicted molar refractivity (Wildman–Crippen MR) is 63.1 cm³/mol. The highest BCUT2D eigenvalue weighted by molar-refractivity contribution is 7.86. The minimum absolute atomic E-state index is 0.0108. The van der Waals surface area contributed by atoms with E-state index in [4.69, 9.17) is 4.18 Å². The van der Waals surface area contributed by atoms with Crippen LogP contribution < -0.4 is 0 Å². The molecule has 2 saturated heterocycles. The molecule has 3 atom stereocenters. The topological polar surface area (TPSA) is 70.4 Å². The molecule has 0 aliphatic carbocycles. The average Bonchev–Trinajstić information content (AvgIpc) is 2.50. The van der Waals surface area contributed by atoms with E-state index in [1.165, 1.54) is 4.90 Å². The Kier molecular flexibility index (Phi) is 3.77. The summed E-state index contributed by atoms with van der Waals surface area (Å²) in [6, 6.07) is 0.926. The van der Waals surface area contributed by atoms with Crippen molar-refractivity contribution in [1.29, 1.82) is 5.26 Å². The smallest absolute Gasteiger partial charge is 0.289 e. The lowest BCUT2D eigenvalue weighted by Crippen LogP contribution is -2.54. The summed E-state index contributed by atoms with van der Waals surface area (Å²) in [5, 5.41) is 9.21. The minimum atomic E-state index is -4.30. The molecule has 2 heterocycles. The Bertz CT molecular complexity index is 512. The molecule has 1 unspecified atom stereocenters. The van der Waals surface area contributed by atoms with Crippen molar-refractivity contribution in [3.05, 3.63) is 0 Å². The summed E-state index contributed by atoms with van der Waals surface area (Å²) in [4.78, 5) is 1.32. The van der Waals surface area contributed by atoms with Crippen molar-refractivity contribution in [2.24, 2.45) is 0 Å². The quantitative estimate of drug-likeness (QED) is 0.737. The lowest BCUT2D eigenvalue weighted by molar-refractivity contribution is -0.160. The Morgan fingerprint density at radius 3 is 2.20 bits per heavy atom. The van der Waals surface area contributed by atoms with Gasteiger partial charge in [-0.2, -0.15) is 26.9 Å². The van der Waals surface area contributed by atoms with Crippen molar-refractivity contribution >= 4 is 10.1 Å². The molecule has 5 nitrogen and oxygen atoms in total. The van der Waals surface area contributed by atoms with Crippen molar-refractivity contribution in [2.75, 3.05) is 12.8 Å². The number of rotatable bonds is 3. The second-order valence-electron chi connectivity index (χ2n) is 5.47. The third kappa shape index (κ3) is 3.42. The van der Waals surface area contributed by atoms with Crippen LogP contribution >= 0.6 is 0 Å². The number of piperidine rings is 1. The van der Waals surface area contributed by atoms with Crippen LogP contribution in [-0.2, 0) is 14.3 Å². The van der Waals surface area contributed by atoms with Crippen LogP contribution in [0.1, 0.15) is 25.7 Å². The fraction of sp³-hybridized carbons (Fsp3) is 0.909. The second-order valence-corrected chi connectivity index (χ2v) is 7.05. The highest BCUT2D eigenvalue weighted by Crippen LogP contribution is 2.44. The minimum Gasteiger partial charge on any atom is -0.289 e. The van der Waals surface area contributed by atoms with E-state index < -0.39 is 40.5 Å². The maximum atomic E-state index is 12.5. The van der Waals surface area contributed by atoms with Gasteiger partial charge in [0.15, 0.2) is 5.60 Å². The molecule has 2 rings (SSSR count). The SMILES string of the molecule is CS(=O)(=O)OC1(C#N)C[C@H]2CC[C@@H](C1)N2CC(F)(F)F. The molecule has 0 N–H and O–H groups in total. The van der Waals surface area contributed by atoms with E-state index in [0.29, 0.717) is 12.8 Å². The summed E-state index contributed by atoms with van der Waals surface area (Å²) < 4.78 is 64.9. The van der Waals surface area contributed by atoms with Gasteiger partial charge in [0.2, 0.25) is 0 Å². The first-order valence-electron chi connectivity index (χ1n) is 6.18. The first kappa shape index (κ1) is 15.5. The molecule has 0 aromatic rings. The summed E-state index contributed by atoms with van der Waals surface area (Å²) in [7, 11) is -3.83. The summed E-state index contributed by atoms with van der Waals surface area (Å²) in [6.07, 6.45) is -2.43. The summed E-state index contributed by atoms with van der Waals surface area (Å²) in [5.74, 6) is 0. The van der Waals surface area contributed by atoms with Crippen LogP contribution in [0.3, 0.4) is 0 Å². The number of alkyl halides is 3. The lowest BCUT2D eigenvalue weighted by atomic mass is 9.87. The van der Waals surface area contributed by atoms with E-state index in [2.05, 4.69) is 0 Å². The van der Waals surface area contributed by atoms with Crippen LogP contribution in [0.5, 0.6) is 0 Å². The largest absolute Gasteiger partial charge is 0.401 e. The van der Waals surface area contributed by atoms with Gasteiger partial charge < -0.3 is 0 Å². The zero-order valence-electron chi connectivity index (χ0n) is 10.9. The molecule has 0 saturated carbocycles. The number of nitrogens with zero attached hydrogens (tertiary/aromatic N) is 2. The Balaban J connectivity index is 2.17. The molecule has 2 aliphatic heterocycles. The maximum Gasteiger partial charge on any atom is 0.401 e. The maximum absolute atomic E-state index is 12.5. The Morgan fingerprint density at radius 2 is 1.85 bits per heavy atom. The molecule has 0 radical (unpaired) electrons. The fourth-order valence-corrected chi connectivity index (χ4v) is 3.98. The van der Waals surface area contributed by atoms with Crippen LogP contribution in [-0.4, -0.2) is 50.0 Å². The fourth-order valence-electron chi connectivity index (χ4n) is 3.23.